The van der Waals surface area contributed by atoms with Crippen molar-refractivity contribution in [1.82, 2.24) is 19.1 Å². The van der Waals surface area contributed by atoms with E-state index in [-0.39, 0.29) is 22.7 Å². The highest BCUT2D eigenvalue weighted by Crippen LogP contribution is 2.27. The second-order valence-electron chi connectivity index (χ2n) is 8.07. The summed E-state index contributed by atoms with van der Waals surface area (Å²) < 4.78 is 7.46. The highest BCUT2D eigenvalue weighted by Gasteiger charge is 2.24. The zero-order valence-corrected chi connectivity index (χ0v) is 19.2. The molecule has 0 spiro atoms. The molecule has 0 aliphatic carbocycles. The highest BCUT2D eigenvalue weighted by atomic mass is 32.2. The molecule has 3 rings (SSSR count). The van der Waals surface area contributed by atoms with Crippen molar-refractivity contribution >= 4 is 34.4 Å². The van der Waals surface area contributed by atoms with E-state index in [1.807, 2.05) is 20.8 Å². The van der Waals surface area contributed by atoms with Crippen molar-refractivity contribution in [2.45, 2.75) is 31.2 Å². The molecule has 1 N–H and O–H groups in total. The molecule has 164 valence electrons. The number of hydrogen-bond acceptors (Lipinski definition) is 7. The average molecular weight is 444 g/mol. The second kappa shape index (κ2) is 8.54. The SMILES string of the molecule is COc1ccc(NC(=O)CSc2nc(C(C)(C)C)nc3c2c(=O)n(C)c(=O)n3C)cc1. The van der Waals surface area contributed by atoms with Gasteiger partial charge in [0.15, 0.2) is 5.65 Å². The molecule has 0 bridgehead atoms. The Morgan fingerprint density at radius 2 is 1.74 bits per heavy atom. The van der Waals surface area contributed by atoms with Gasteiger partial charge in [-0.2, -0.15) is 0 Å². The zero-order chi connectivity index (χ0) is 22.9. The van der Waals surface area contributed by atoms with Gasteiger partial charge in [0, 0.05) is 25.2 Å². The van der Waals surface area contributed by atoms with E-state index in [4.69, 9.17) is 4.74 Å². The Labute approximate surface area is 183 Å². The Kier molecular flexibility index (Phi) is 6.21. The number of amides is 1. The van der Waals surface area contributed by atoms with E-state index in [0.29, 0.717) is 22.3 Å². The van der Waals surface area contributed by atoms with E-state index < -0.39 is 16.7 Å². The lowest BCUT2D eigenvalue weighted by atomic mass is 9.96. The molecular formula is C21H25N5O4S. The summed E-state index contributed by atoms with van der Waals surface area (Å²) in [6.45, 7) is 5.83. The minimum absolute atomic E-state index is 0.0354. The Balaban J connectivity index is 1.97. The normalized spacial score (nSPS) is 11.5. The number of fused-ring (bicyclic) bond motifs is 1. The lowest BCUT2D eigenvalue weighted by molar-refractivity contribution is -0.113. The van der Waals surface area contributed by atoms with Crippen LogP contribution in [0.2, 0.25) is 0 Å². The molecule has 0 fully saturated rings. The van der Waals surface area contributed by atoms with Crippen molar-refractivity contribution in [3.8, 4) is 5.75 Å². The molecule has 31 heavy (non-hydrogen) atoms. The third kappa shape index (κ3) is 4.63. The van der Waals surface area contributed by atoms with Crippen molar-refractivity contribution in [2.75, 3.05) is 18.2 Å². The van der Waals surface area contributed by atoms with Crippen LogP contribution in [0.1, 0.15) is 26.6 Å². The second-order valence-corrected chi connectivity index (χ2v) is 9.04. The third-order valence-corrected chi connectivity index (χ3v) is 5.63. The topological polar surface area (TPSA) is 108 Å². The fourth-order valence-corrected chi connectivity index (χ4v) is 3.69. The van der Waals surface area contributed by atoms with Crippen molar-refractivity contribution in [3.05, 3.63) is 50.9 Å². The lowest BCUT2D eigenvalue weighted by Gasteiger charge is -2.19. The first kappa shape index (κ1) is 22.5. The van der Waals surface area contributed by atoms with Crippen molar-refractivity contribution < 1.29 is 9.53 Å². The summed E-state index contributed by atoms with van der Waals surface area (Å²) in [6, 6.07) is 6.98. The van der Waals surface area contributed by atoms with E-state index in [0.717, 1.165) is 16.3 Å². The van der Waals surface area contributed by atoms with Crippen LogP contribution < -0.4 is 21.3 Å². The molecule has 0 saturated carbocycles. The van der Waals surface area contributed by atoms with E-state index >= 15 is 0 Å². The Hall–Kier alpha value is -3.14. The van der Waals surface area contributed by atoms with Gasteiger partial charge in [-0.3, -0.25) is 18.7 Å². The number of ether oxygens (including phenoxy) is 1. The zero-order valence-electron chi connectivity index (χ0n) is 18.3. The van der Waals surface area contributed by atoms with Crippen LogP contribution in [0.15, 0.2) is 38.9 Å². The molecule has 10 heteroatoms. The van der Waals surface area contributed by atoms with E-state index in [1.165, 1.54) is 11.6 Å². The van der Waals surface area contributed by atoms with Gasteiger partial charge in [0.1, 0.15) is 22.0 Å². The maximum atomic E-state index is 12.8. The first-order valence-corrected chi connectivity index (χ1v) is 10.6. The number of nitrogens with zero attached hydrogens (tertiary/aromatic N) is 4. The number of rotatable bonds is 5. The molecule has 1 aromatic carbocycles. The average Bonchev–Trinajstić information content (AvgIpc) is 2.74. The number of benzene rings is 1. The molecule has 0 aliphatic rings. The fourth-order valence-electron chi connectivity index (χ4n) is 2.87. The van der Waals surface area contributed by atoms with Gasteiger partial charge in [0.25, 0.3) is 5.56 Å². The molecule has 0 radical (unpaired) electrons. The van der Waals surface area contributed by atoms with Gasteiger partial charge in [-0.15, -0.1) is 0 Å². The Morgan fingerprint density at radius 1 is 1.10 bits per heavy atom. The number of carbonyl (C=O) groups is 1. The van der Waals surface area contributed by atoms with E-state index in [1.54, 1.807) is 38.4 Å². The summed E-state index contributed by atoms with van der Waals surface area (Å²) in [5, 5.41) is 3.40. The monoisotopic (exact) mass is 443 g/mol. The molecule has 2 heterocycles. The van der Waals surface area contributed by atoms with Crippen LogP contribution in [0.5, 0.6) is 5.75 Å². The predicted molar refractivity (Wildman–Crippen MR) is 121 cm³/mol. The van der Waals surface area contributed by atoms with Crippen molar-refractivity contribution in [3.63, 3.8) is 0 Å². The van der Waals surface area contributed by atoms with Gasteiger partial charge in [-0.1, -0.05) is 32.5 Å². The largest absolute Gasteiger partial charge is 0.497 e. The molecule has 0 aliphatic heterocycles. The summed E-state index contributed by atoms with van der Waals surface area (Å²) in [5.74, 6) is 0.964. The molecule has 0 atom stereocenters. The standard InChI is InChI=1S/C21H25N5O4S/c1-21(2,3)19-23-16-15(18(28)26(5)20(29)25(16)4)17(24-19)31-11-14(27)22-12-7-9-13(30-6)10-8-12/h7-10H,11H2,1-6H3,(H,22,27). The van der Waals surface area contributed by atoms with Crippen molar-refractivity contribution in [2.24, 2.45) is 14.1 Å². The molecule has 3 aromatic rings. The summed E-state index contributed by atoms with van der Waals surface area (Å²) >= 11 is 1.14. The minimum atomic E-state index is -0.489. The van der Waals surface area contributed by atoms with Gasteiger partial charge in [0.2, 0.25) is 5.91 Å². The number of anilines is 1. The lowest BCUT2D eigenvalue weighted by Crippen LogP contribution is -2.38. The van der Waals surface area contributed by atoms with Crippen LogP contribution in [-0.2, 0) is 24.3 Å². The summed E-state index contributed by atoms with van der Waals surface area (Å²) in [5.41, 5.74) is -0.481. The van der Waals surface area contributed by atoms with Gasteiger partial charge < -0.3 is 10.1 Å². The van der Waals surface area contributed by atoms with E-state index in [2.05, 4.69) is 15.3 Å². The van der Waals surface area contributed by atoms with E-state index in [9.17, 15) is 14.4 Å². The van der Waals surface area contributed by atoms with Crippen LogP contribution in [0, 0.1) is 0 Å². The number of carbonyl (C=O) groups excluding carboxylic acids is 1. The Morgan fingerprint density at radius 3 is 2.32 bits per heavy atom. The fraction of sp³-hybridized carbons (Fsp3) is 0.381. The van der Waals surface area contributed by atoms with Gasteiger partial charge in [-0.25, -0.2) is 14.8 Å². The first-order chi connectivity index (χ1) is 14.5. The van der Waals surface area contributed by atoms with Gasteiger partial charge >= 0.3 is 5.69 Å². The summed E-state index contributed by atoms with van der Waals surface area (Å²) in [7, 11) is 4.54. The van der Waals surface area contributed by atoms with Crippen LogP contribution >= 0.6 is 11.8 Å². The number of nitrogens with one attached hydrogen (secondary N) is 1. The number of methoxy groups -OCH3 is 1. The van der Waals surface area contributed by atoms with Gasteiger partial charge in [-0.05, 0) is 24.3 Å². The van der Waals surface area contributed by atoms with Crippen LogP contribution in [0.4, 0.5) is 5.69 Å². The molecule has 1 amide bonds. The quantitative estimate of drug-likeness (QED) is 0.475. The predicted octanol–water partition coefficient (Wildman–Crippen LogP) is 2.06. The molecular weight excluding hydrogens is 418 g/mol. The minimum Gasteiger partial charge on any atom is -0.497 e. The van der Waals surface area contributed by atoms with Gasteiger partial charge in [0.05, 0.1) is 12.9 Å². The first-order valence-electron chi connectivity index (χ1n) is 9.58. The molecule has 2 aromatic heterocycles. The summed E-state index contributed by atoms with van der Waals surface area (Å²) in [4.78, 5) is 46.8. The maximum Gasteiger partial charge on any atom is 0.332 e. The van der Waals surface area contributed by atoms with Crippen LogP contribution in [0.25, 0.3) is 11.0 Å². The van der Waals surface area contributed by atoms with Crippen LogP contribution in [-0.4, -0.2) is 37.9 Å². The number of aromatic nitrogens is 4. The Bertz CT molecular complexity index is 1260. The third-order valence-electron chi connectivity index (χ3n) is 4.65. The summed E-state index contributed by atoms with van der Waals surface area (Å²) in [6.07, 6.45) is 0. The molecule has 0 unspecified atom stereocenters. The number of thioether (sulfide) groups is 1. The van der Waals surface area contributed by atoms with Crippen molar-refractivity contribution in [1.29, 1.82) is 0 Å². The molecule has 9 nitrogen and oxygen atoms in total. The maximum absolute atomic E-state index is 12.8. The smallest absolute Gasteiger partial charge is 0.332 e. The number of hydrogen-bond donors (Lipinski definition) is 1. The molecule has 0 saturated heterocycles. The van der Waals surface area contributed by atoms with Crippen LogP contribution in [0.3, 0.4) is 0 Å². The number of aryl methyl sites for hydroxylation is 1. The highest BCUT2D eigenvalue weighted by molar-refractivity contribution is 8.00.